The van der Waals surface area contributed by atoms with Gasteiger partial charge in [-0.15, -0.1) is 0 Å². The van der Waals surface area contributed by atoms with Crippen molar-refractivity contribution < 1.29 is 22.1 Å². The third-order valence-electron chi connectivity index (χ3n) is 5.98. The van der Waals surface area contributed by atoms with Crippen LogP contribution in [0.25, 0.3) is 0 Å². The SMILES string of the molecule is CC[NH+](CC)CCC(C(=O)N1CCCC1)(c1ccccc1)c1ccccn1.[Cl-]. The molecular formula is C23H32ClN3O. The van der Waals surface area contributed by atoms with E-state index >= 15 is 0 Å². The molecule has 1 aromatic heterocycles. The molecule has 3 rings (SSSR count). The van der Waals surface area contributed by atoms with Crippen LogP contribution >= 0.6 is 0 Å². The smallest absolute Gasteiger partial charge is 0.239 e. The molecule has 4 nitrogen and oxygen atoms in total. The number of likely N-dealkylation sites (tertiary alicyclic amines) is 1. The largest absolute Gasteiger partial charge is 1.00 e. The lowest BCUT2D eigenvalue weighted by atomic mass is 9.73. The van der Waals surface area contributed by atoms with Crippen molar-refractivity contribution in [2.45, 2.75) is 38.5 Å². The Kier molecular flexibility index (Phi) is 8.46. The topological polar surface area (TPSA) is 37.6 Å². The summed E-state index contributed by atoms with van der Waals surface area (Å²) in [4.78, 5) is 22.2. The number of amides is 1. The van der Waals surface area contributed by atoms with Crippen LogP contribution in [0.15, 0.2) is 54.7 Å². The molecule has 2 heterocycles. The number of rotatable bonds is 8. The molecule has 1 saturated heterocycles. The number of hydrogen-bond acceptors (Lipinski definition) is 2. The number of carbonyl (C=O) groups excluding carboxylic acids is 1. The highest BCUT2D eigenvalue weighted by atomic mass is 35.5. The van der Waals surface area contributed by atoms with Crippen molar-refractivity contribution in [3.8, 4) is 0 Å². The Balaban J connectivity index is 0.00000280. The number of quaternary nitrogens is 1. The molecule has 0 bridgehead atoms. The third kappa shape index (κ3) is 4.56. The minimum absolute atomic E-state index is 0. The molecular weight excluding hydrogens is 370 g/mol. The molecule has 1 fully saturated rings. The normalized spacial score (nSPS) is 15.9. The second-order valence-corrected chi connectivity index (χ2v) is 7.44. The van der Waals surface area contributed by atoms with E-state index in [0.717, 1.165) is 63.2 Å². The van der Waals surface area contributed by atoms with E-state index in [2.05, 4.69) is 30.9 Å². The van der Waals surface area contributed by atoms with E-state index in [9.17, 15) is 4.79 Å². The summed E-state index contributed by atoms with van der Waals surface area (Å²) in [5.41, 5.74) is 1.23. The first-order valence-electron chi connectivity index (χ1n) is 10.3. The molecule has 0 aliphatic carbocycles. The molecule has 1 aliphatic rings. The second kappa shape index (κ2) is 10.6. The van der Waals surface area contributed by atoms with E-state index in [1.807, 2.05) is 42.6 Å². The van der Waals surface area contributed by atoms with Gasteiger partial charge in [0.2, 0.25) is 5.91 Å². The van der Waals surface area contributed by atoms with Gasteiger partial charge in [-0.1, -0.05) is 36.4 Å². The van der Waals surface area contributed by atoms with E-state index in [-0.39, 0.29) is 18.3 Å². The van der Waals surface area contributed by atoms with Crippen molar-refractivity contribution in [2.75, 3.05) is 32.7 Å². The van der Waals surface area contributed by atoms with Crippen molar-refractivity contribution in [1.82, 2.24) is 9.88 Å². The average molecular weight is 402 g/mol. The maximum absolute atomic E-state index is 13.9. The Hall–Kier alpha value is -1.91. The van der Waals surface area contributed by atoms with E-state index < -0.39 is 5.41 Å². The zero-order valence-corrected chi connectivity index (χ0v) is 17.8. The maximum atomic E-state index is 13.9. The van der Waals surface area contributed by atoms with Gasteiger partial charge in [0.15, 0.2) is 0 Å². The van der Waals surface area contributed by atoms with Gasteiger partial charge in [0.05, 0.1) is 25.3 Å². The molecule has 28 heavy (non-hydrogen) atoms. The molecule has 0 spiro atoms. The van der Waals surface area contributed by atoms with Gasteiger partial charge in [0.25, 0.3) is 0 Å². The first-order chi connectivity index (χ1) is 13.2. The first-order valence-corrected chi connectivity index (χ1v) is 10.3. The highest BCUT2D eigenvalue weighted by Gasteiger charge is 2.46. The van der Waals surface area contributed by atoms with Gasteiger partial charge in [-0.25, -0.2) is 0 Å². The Morgan fingerprint density at radius 2 is 1.68 bits per heavy atom. The summed E-state index contributed by atoms with van der Waals surface area (Å²) in [6.45, 7) is 9.25. The number of pyridine rings is 1. The second-order valence-electron chi connectivity index (χ2n) is 7.44. The summed E-state index contributed by atoms with van der Waals surface area (Å²) in [5, 5.41) is 0. The number of carbonyl (C=O) groups is 1. The Bertz CT molecular complexity index is 674. The number of benzene rings is 1. The Morgan fingerprint density at radius 3 is 2.25 bits per heavy atom. The molecule has 0 radical (unpaired) electrons. The predicted octanol–water partition coefficient (Wildman–Crippen LogP) is -0.691. The van der Waals surface area contributed by atoms with Gasteiger partial charge in [-0.3, -0.25) is 9.78 Å². The Labute approximate surface area is 175 Å². The van der Waals surface area contributed by atoms with Crippen LogP contribution in [-0.2, 0) is 10.2 Å². The lowest BCUT2D eigenvalue weighted by Gasteiger charge is -2.36. The van der Waals surface area contributed by atoms with Crippen molar-refractivity contribution in [1.29, 1.82) is 0 Å². The fourth-order valence-electron chi connectivity index (χ4n) is 4.26. The van der Waals surface area contributed by atoms with Crippen molar-refractivity contribution in [3.63, 3.8) is 0 Å². The molecule has 152 valence electrons. The minimum atomic E-state index is -0.706. The van der Waals surface area contributed by atoms with Crippen LogP contribution in [0.1, 0.15) is 44.4 Å². The number of halogens is 1. The fourth-order valence-corrected chi connectivity index (χ4v) is 4.26. The van der Waals surface area contributed by atoms with Crippen molar-refractivity contribution in [3.05, 3.63) is 66.0 Å². The van der Waals surface area contributed by atoms with E-state index in [1.54, 1.807) is 0 Å². The lowest BCUT2D eigenvalue weighted by molar-refractivity contribution is -0.896. The van der Waals surface area contributed by atoms with Crippen LogP contribution < -0.4 is 17.3 Å². The number of aromatic nitrogens is 1. The summed E-state index contributed by atoms with van der Waals surface area (Å²) in [5.74, 6) is 0.219. The number of hydrogen-bond donors (Lipinski definition) is 1. The van der Waals surface area contributed by atoms with Gasteiger partial charge in [-0.05, 0) is 44.4 Å². The van der Waals surface area contributed by atoms with Gasteiger partial charge < -0.3 is 22.2 Å². The highest BCUT2D eigenvalue weighted by molar-refractivity contribution is 5.91. The van der Waals surface area contributed by atoms with Gasteiger partial charge in [0, 0.05) is 25.7 Å². The standard InChI is InChI=1S/C23H31N3O.ClH/c1-3-25(4-2)19-15-23(20-12-6-5-7-13-20,21-14-8-9-16-24-21)22(27)26-17-10-11-18-26;/h5-9,12-14,16H,3-4,10-11,15,17-19H2,1-2H3;1H. The van der Waals surface area contributed by atoms with E-state index in [0.29, 0.717) is 0 Å². The van der Waals surface area contributed by atoms with Gasteiger partial charge in [-0.2, -0.15) is 0 Å². The van der Waals surface area contributed by atoms with E-state index in [4.69, 9.17) is 4.98 Å². The minimum Gasteiger partial charge on any atom is -1.00 e. The summed E-state index contributed by atoms with van der Waals surface area (Å²) in [6, 6.07) is 16.2. The van der Waals surface area contributed by atoms with Crippen LogP contribution in [0.4, 0.5) is 0 Å². The molecule has 1 aliphatic heterocycles. The van der Waals surface area contributed by atoms with Crippen LogP contribution in [0.5, 0.6) is 0 Å². The van der Waals surface area contributed by atoms with Gasteiger partial charge >= 0.3 is 0 Å². The molecule has 1 amide bonds. The zero-order chi connectivity index (χ0) is 19.1. The van der Waals surface area contributed by atoms with Crippen LogP contribution in [0, 0.1) is 0 Å². The van der Waals surface area contributed by atoms with E-state index in [1.165, 1.54) is 4.90 Å². The summed E-state index contributed by atoms with van der Waals surface area (Å²) in [7, 11) is 0. The van der Waals surface area contributed by atoms with Crippen LogP contribution in [-0.4, -0.2) is 48.5 Å². The molecule has 0 saturated carbocycles. The molecule has 5 heteroatoms. The molecule has 1 N–H and O–H groups in total. The monoisotopic (exact) mass is 401 g/mol. The zero-order valence-electron chi connectivity index (χ0n) is 17.0. The summed E-state index contributed by atoms with van der Waals surface area (Å²) < 4.78 is 0. The van der Waals surface area contributed by atoms with Crippen LogP contribution in [0.3, 0.4) is 0 Å². The lowest BCUT2D eigenvalue weighted by Crippen LogP contribution is -3.11. The van der Waals surface area contributed by atoms with Crippen LogP contribution in [0.2, 0.25) is 0 Å². The molecule has 1 unspecified atom stereocenters. The van der Waals surface area contributed by atoms with Crippen molar-refractivity contribution >= 4 is 5.91 Å². The van der Waals surface area contributed by atoms with Gasteiger partial charge in [0.1, 0.15) is 5.41 Å². The summed E-state index contributed by atoms with van der Waals surface area (Å²) >= 11 is 0. The Morgan fingerprint density at radius 1 is 1.04 bits per heavy atom. The average Bonchev–Trinajstić information content (AvgIpc) is 3.27. The molecule has 1 aromatic carbocycles. The quantitative estimate of drug-likeness (QED) is 0.635. The van der Waals surface area contributed by atoms with Crippen molar-refractivity contribution in [2.24, 2.45) is 0 Å². The third-order valence-corrected chi connectivity index (χ3v) is 5.98. The first kappa shape index (κ1) is 22.4. The maximum Gasteiger partial charge on any atom is 0.239 e. The number of nitrogens with one attached hydrogen (secondary N) is 1. The molecule has 1 atom stereocenters. The predicted molar refractivity (Wildman–Crippen MR) is 109 cm³/mol. The number of nitrogens with zero attached hydrogens (tertiary/aromatic N) is 2. The highest BCUT2D eigenvalue weighted by Crippen LogP contribution is 2.37. The fraction of sp³-hybridized carbons (Fsp3) is 0.478. The summed E-state index contributed by atoms with van der Waals surface area (Å²) in [6.07, 6.45) is 4.79. The molecule has 2 aromatic rings.